The van der Waals surface area contributed by atoms with Crippen molar-refractivity contribution >= 4 is 22.5 Å². The maximum Gasteiger partial charge on any atom is 0.255 e. The first-order chi connectivity index (χ1) is 11.5. The van der Waals surface area contributed by atoms with Gasteiger partial charge in [0.2, 0.25) is 0 Å². The van der Waals surface area contributed by atoms with Gasteiger partial charge in [-0.25, -0.2) is 0 Å². The predicted molar refractivity (Wildman–Crippen MR) is 97.5 cm³/mol. The highest BCUT2D eigenvalue weighted by Gasteiger charge is 2.12. The van der Waals surface area contributed by atoms with Crippen LogP contribution in [0.5, 0.6) is 0 Å². The molecule has 24 heavy (non-hydrogen) atoms. The Labute approximate surface area is 141 Å². The number of aromatic amines is 1. The zero-order valence-corrected chi connectivity index (χ0v) is 14.4. The number of nitrogens with zero attached hydrogens (tertiary/aromatic N) is 1. The number of carbonyl (C=O) groups excluding carboxylic acids is 1. The van der Waals surface area contributed by atoms with E-state index in [0.717, 1.165) is 39.8 Å². The number of rotatable bonds is 4. The minimum atomic E-state index is -0.0943. The highest BCUT2D eigenvalue weighted by Crippen LogP contribution is 2.23. The van der Waals surface area contributed by atoms with Gasteiger partial charge in [-0.3, -0.25) is 9.89 Å². The molecule has 0 aliphatic carbocycles. The molecule has 0 bridgehead atoms. The van der Waals surface area contributed by atoms with Crippen LogP contribution in [0.4, 0.5) is 5.69 Å². The molecule has 1 aromatic heterocycles. The van der Waals surface area contributed by atoms with Crippen LogP contribution in [-0.4, -0.2) is 23.2 Å². The first kappa shape index (κ1) is 16.2. The number of aryl methyl sites for hydroxylation is 3. The van der Waals surface area contributed by atoms with Gasteiger partial charge in [0.05, 0.1) is 11.7 Å². The maximum absolute atomic E-state index is 12.7. The van der Waals surface area contributed by atoms with E-state index in [4.69, 9.17) is 0 Å². The summed E-state index contributed by atoms with van der Waals surface area (Å²) in [6.07, 6.45) is 1.76. The zero-order chi connectivity index (χ0) is 17.3. The predicted octanol–water partition coefficient (Wildman–Crippen LogP) is 3.46. The standard InChI is InChI=1S/C19H22N4O/c1-11-5-14(6-12(2)16(11)10-20-4)19(24)22-17-8-15-9-21-23-18(15)7-13(17)3/h5-9,20H,10H2,1-4H3,(H,21,23)(H,22,24). The van der Waals surface area contributed by atoms with Gasteiger partial charge in [0.25, 0.3) is 5.91 Å². The smallest absolute Gasteiger partial charge is 0.255 e. The molecule has 3 aromatic rings. The van der Waals surface area contributed by atoms with Crippen molar-refractivity contribution in [2.45, 2.75) is 27.3 Å². The molecule has 0 aliphatic rings. The van der Waals surface area contributed by atoms with E-state index in [0.29, 0.717) is 5.56 Å². The van der Waals surface area contributed by atoms with Crippen molar-refractivity contribution in [1.29, 1.82) is 0 Å². The molecule has 0 saturated heterocycles. The summed E-state index contributed by atoms with van der Waals surface area (Å²) in [6, 6.07) is 7.83. The molecule has 3 N–H and O–H groups in total. The monoisotopic (exact) mass is 322 g/mol. The van der Waals surface area contributed by atoms with Crippen LogP contribution in [-0.2, 0) is 6.54 Å². The molecule has 5 heteroatoms. The number of amides is 1. The van der Waals surface area contributed by atoms with Gasteiger partial charge < -0.3 is 10.6 Å². The lowest BCUT2D eigenvalue weighted by Crippen LogP contribution is -2.15. The van der Waals surface area contributed by atoms with Gasteiger partial charge in [-0.15, -0.1) is 0 Å². The Morgan fingerprint density at radius 3 is 2.46 bits per heavy atom. The summed E-state index contributed by atoms with van der Waals surface area (Å²) in [5.74, 6) is -0.0943. The summed E-state index contributed by atoms with van der Waals surface area (Å²) in [7, 11) is 1.92. The molecule has 124 valence electrons. The number of aromatic nitrogens is 2. The summed E-state index contributed by atoms with van der Waals surface area (Å²) in [4.78, 5) is 12.7. The van der Waals surface area contributed by atoms with E-state index >= 15 is 0 Å². The van der Waals surface area contributed by atoms with Crippen molar-refractivity contribution in [1.82, 2.24) is 15.5 Å². The highest BCUT2D eigenvalue weighted by molar-refractivity contribution is 6.06. The van der Waals surface area contributed by atoms with E-state index in [1.807, 2.05) is 52.1 Å². The number of hydrogen-bond donors (Lipinski definition) is 3. The zero-order valence-electron chi connectivity index (χ0n) is 14.4. The number of benzene rings is 2. The molecule has 0 atom stereocenters. The first-order valence-corrected chi connectivity index (χ1v) is 7.99. The summed E-state index contributed by atoms with van der Waals surface area (Å²) in [6.45, 7) is 6.86. The normalized spacial score (nSPS) is 11.0. The van der Waals surface area contributed by atoms with Crippen molar-refractivity contribution in [2.24, 2.45) is 0 Å². The van der Waals surface area contributed by atoms with Gasteiger partial charge in [0.15, 0.2) is 0 Å². The fourth-order valence-electron chi connectivity index (χ4n) is 3.01. The topological polar surface area (TPSA) is 69.8 Å². The SMILES string of the molecule is CNCc1c(C)cc(C(=O)Nc2cc3cn[nH]c3cc2C)cc1C. The molecule has 0 saturated carbocycles. The number of nitrogens with one attached hydrogen (secondary N) is 3. The fourth-order valence-corrected chi connectivity index (χ4v) is 3.01. The molecule has 1 heterocycles. The molecule has 1 amide bonds. The van der Waals surface area contributed by atoms with Crippen molar-refractivity contribution in [3.63, 3.8) is 0 Å². The molecule has 0 radical (unpaired) electrons. The van der Waals surface area contributed by atoms with E-state index < -0.39 is 0 Å². The lowest BCUT2D eigenvalue weighted by molar-refractivity contribution is 0.102. The van der Waals surface area contributed by atoms with Crippen LogP contribution in [0.3, 0.4) is 0 Å². The van der Waals surface area contributed by atoms with Crippen molar-refractivity contribution in [3.05, 3.63) is 58.3 Å². The van der Waals surface area contributed by atoms with Gasteiger partial charge in [-0.1, -0.05) is 0 Å². The Hall–Kier alpha value is -2.66. The number of anilines is 1. The molecule has 0 spiro atoms. The van der Waals surface area contributed by atoms with Gasteiger partial charge >= 0.3 is 0 Å². The molecular formula is C19H22N4O. The lowest BCUT2D eigenvalue weighted by atomic mass is 9.98. The van der Waals surface area contributed by atoms with Crippen molar-refractivity contribution in [2.75, 3.05) is 12.4 Å². The second kappa shape index (κ2) is 6.45. The van der Waals surface area contributed by atoms with Gasteiger partial charge in [0.1, 0.15) is 0 Å². The number of H-pyrrole nitrogens is 1. The van der Waals surface area contributed by atoms with Crippen LogP contribution >= 0.6 is 0 Å². The van der Waals surface area contributed by atoms with Crippen LogP contribution in [0, 0.1) is 20.8 Å². The largest absolute Gasteiger partial charge is 0.322 e. The van der Waals surface area contributed by atoms with Gasteiger partial charge in [0, 0.05) is 23.2 Å². The van der Waals surface area contributed by atoms with E-state index in [-0.39, 0.29) is 5.91 Å². The van der Waals surface area contributed by atoms with Crippen molar-refractivity contribution < 1.29 is 4.79 Å². The molecule has 0 unspecified atom stereocenters. The third-order valence-corrected chi connectivity index (χ3v) is 4.35. The summed E-state index contributed by atoms with van der Waals surface area (Å²) >= 11 is 0. The average Bonchev–Trinajstić information content (AvgIpc) is 2.98. The number of carbonyl (C=O) groups is 1. The second-order valence-electron chi connectivity index (χ2n) is 6.20. The number of hydrogen-bond acceptors (Lipinski definition) is 3. The fraction of sp³-hybridized carbons (Fsp3) is 0.263. The summed E-state index contributed by atoms with van der Waals surface area (Å²) < 4.78 is 0. The average molecular weight is 322 g/mol. The van der Waals surface area contributed by atoms with Gasteiger partial charge in [-0.05, 0) is 74.3 Å². The minimum absolute atomic E-state index is 0.0943. The molecule has 2 aromatic carbocycles. The Balaban J connectivity index is 1.90. The van der Waals surface area contributed by atoms with Crippen LogP contribution in [0.25, 0.3) is 10.9 Å². The lowest BCUT2D eigenvalue weighted by Gasteiger charge is -2.13. The number of fused-ring (bicyclic) bond motifs is 1. The van der Waals surface area contributed by atoms with E-state index in [1.54, 1.807) is 6.20 Å². The molecular weight excluding hydrogens is 300 g/mol. The molecule has 5 nitrogen and oxygen atoms in total. The third-order valence-electron chi connectivity index (χ3n) is 4.35. The summed E-state index contributed by atoms with van der Waals surface area (Å²) in [5.41, 5.74) is 6.94. The van der Waals surface area contributed by atoms with Crippen LogP contribution in [0.15, 0.2) is 30.5 Å². The summed E-state index contributed by atoms with van der Waals surface area (Å²) in [5, 5.41) is 14.1. The van der Waals surface area contributed by atoms with E-state index in [9.17, 15) is 4.79 Å². The first-order valence-electron chi connectivity index (χ1n) is 7.99. The van der Waals surface area contributed by atoms with Crippen LogP contribution in [0.2, 0.25) is 0 Å². The van der Waals surface area contributed by atoms with Crippen molar-refractivity contribution in [3.8, 4) is 0 Å². The Bertz CT molecular complexity index is 888. The van der Waals surface area contributed by atoms with E-state index in [2.05, 4.69) is 20.8 Å². The van der Waals surface area contributed by atoms with Gasteiger partial charge in [-0.2, -0.15) is 5.10 Å². The van der Waals surface area contributed by atoms with Crippen LogP contribution in [0.1, 0.15) is 32.6 Å². The quantitative estimate of drug-likeness (QED) is 0.689. The Kier molecular flexibility index (Phi) is 4.36. The molecule has 0 fully saturated rings. The van der Waals surface area contributed by atoms with E-state index in [1.165, 1.54) is 5.56 Å². The Morgan fingerprint density at radius 2 is 1.79 bits per heavy atom. The van der Waals surface area contributed by atoms with Crippen LogP contribution < -0.4 is 10.6 Å². The third kappa shape index (κ3) is 3.03. The minimum Gasteiger partial charge on any atom is -0.322 e. The maximum atomic E-state index is 12.7. The highest BCUT2D eigenvalue weighted by atomic mass is 16.1. The second-order valence-corrected chi connectivity index (χ2v) is 6.20. The Morgan fingerprint density at radius 1 is 1.08 bits per heavy atom. The molecule has 3 rings (SSSR count). The molecule has 0 aliphatic heterocycles.